The van der Waals surface area contributed by atoms with Gasteiger partial charge >= 0.3 is 0 Å². The molecule has 0 aromatic heterocycles. The SMILES string of the molecule is N#Cc1cccc(C[P+](c2ccccc2)(c2ccccc2)c2ccccc2)c1.[Br-]. The van der Waals surface area contributed by atoms with Crippen LogP contribution in [-0.4, -0.2) is 0 Å². The Balaban J connectivity index is 0.00000240. The van der Waals surface area contributed by atoms with Crippen LogP contribution in [0.3, 0.4) is 0 Å². The van der Waals surface area contributed by atoms with E-state index < -0.39 is 7.26 Å². The van der Waals surface area contributed by atoms with Gasteiger partial charge in [0.15, 0.2) is 0 Å². The van der Waals surface area contributed by atoms with Crippen molar-refractivity contribution in [1.29, 1.82) is 5.26 Å². The van der Waals surface area contributed by atoms with Crippen LogP contribution >= 0.6 is 7.26 Å². The second-order valence-corrected chi connectivity index (χ2v) is 10.3. The summed E-state index contributed by atoms with van der Waals surface area (Å²) in [5, 5.41) is 13.4. The third kappa shape index (κ3) is 4.33. The number of hydrogen-bond acceptors (Lipinski definition) is 1. The predicted molar refractivity (Wildman–Crippen MR) is 120 cm³/mol. The van der Waals surface area contributed by atoms with Crippen LogP contribution in [0.25, 0.3) is 0 Å². The first-order chi connectivity index (χ1) is 13.8. The predicted octanol–water partition coefficient (Wildman–Crippen LogP) is 2.06. The van der Waals surface area contributed by atoms with Crippen LogP contribution < -0.4 is 32.9 Å². The molecule has 0 aliphatic heterocycles. The molecule has 142 valence electrons. The van der Waals surface area contributed by atoms with Crippen molar-refractivity contribution in [1.82, 2.24) is 0 Å². The summed E-state index contributed by atoms with van der Waals surface area (Å²) in [6, 6.07) is 42.8. The molecule has 0 atom stereocenters. The number of nitrogens with zero attached hydrogens (tertiary/aromatic N) is 1. The van der Waals surface area contributed by atoms with Gasteiger partial charge in [-0.15, -0.1) is 0 Å². The number of nitriles is 1. The van der Waals surface area contributed by atoms with Gasteiger partial charge in [-0.2, -0.15) is 5.26 Å². The maximum Gasteiger partial charge on any atom is 0.116 e. The Bertz CT molecular complexity index is 993. The molecule has 4 aromatic rings. The lowest BCUT2D eigenvalue weighted by Crippen LogP contribution is -3.00. The molecule has 0 aliphatic carbocycles. The van der Waals surface area contributed by atoms with Crippen LogP contribution in [0, 0.1) is 11.3 Å². The maximum absolute atomic E-state index is 9.37. The lowest BCUT2D eigenvalue weighted by Gasteiger charge is -2.27. The normalized spacial score (nSPS) is 10.6. The molecule has 0 amide bonds. The molecule has 0 saturated heterocycles. The highest BCUT2D eigenvalue weighted by atomic mass is 79.9. The van der Waals surface area contributed by atoms with Gasteiger partial charge in [-0.25, -0.2) is 0 Å². The van der Waals surface area contributed by atoms with E-state index in [1.165, 1.54) is 21.5 Å². The number of rotatable bonds is 5. The topological polar surface area (TPSA) is 23.8 Å². The molecule has 29 heavy (non-hydrogen) atoms. The Hall–Kier alpha value is -2.72. The lowest BCUT2D eigenvalue weighted by atomic mass is 10.2. The van der Waals surface area contributed by atoms with Crippen LogP contribution in [0.2, 0.25) is 0 Å². The van der Waals surface area contributed by atoms with Gasteiger partial charge in [-0.1, -0.05) is 66.7 Å². The first-order valence-corrected chi connectivity index (χ1v) is 11.3. The van der Waals surface area contributed by atoms with Gasteiger partial charge in [-0.05, 0) is 54.1 Å². The fourth-order valence-electron chi connectivity index (χ4n) is 3.78. The smallest absolute Gasteiger partial charge is 0.116 e. The monoisotopic (exact) mass is 457 g/mol. The molecule has 4 rings (SSSR count). The Labute approximate surface area is 183 Å². The van der Waals surface area contributed by atoms with E-state index in [-0.39, 0.29) is 17.0 Å². The molecule has 4 aromatic carbocycles. The average molecular weight is 458 g/mol. The largest absolute Gasteiger partial charge is 1.00 e. The van der Waals surface area contributed by atoms with Crippen molar-refractivity contribution in [2.75, 3.05) is 0 Å². The fraction of sp³-hybridized carbons (Fsp3) is 0.0385. The third-order valence-electron chi connectivity index (χ3n) is 5.07. The highest BCUT2D eigenvalue weighted by Crippen LogP contribution is 2.58. The summed E-state index contributed by atoms with van der Waals surface area (Å²) < 4.78 is 0. The number of hydrogen-bond donors (Lipinski definition) is 0. The second-order valence-electron chi connectivity index (χ2n) is 6.79. The average Bonchev–Trinajstić information content (AvgIpc) is 2.79. The van der Waals surface area contributed by atoms with Crippen molar-refractivity contribution < 1.29 is 17.0 Å². The van der Waals surface area contributed by atoms with Crippen molar-refractivity contribution in [2.24, 2.45) is 0 Å². The highest BCUT2D eigenvalue weighted by molar-refractivity contribution is 7.95. The maximum atomic E-state index is 9.37. The number of halogens is 1. The highest BCUT2D eigenvalue weighted by Gasteiger charge is 2.45. The molecular weight excluding hydrogens is 437 g/mol. The Morgan fingerprint density at radius 1 is 0.586 bits per heavy atom. The quantitative estimate of drug-likeness (QED) is 0.420. The van der Waals surface area contributed by atoms with Gasteiger partial charge in [0.25, 0.3) is 0 Å². The molecule has 0 N–H and O–H groups in total. The molecule has 3 heteroatoms. The summed E-state index contributed by atoms with van der Waals surface area (Å²) >= 11 is 0. The molecule has 0 aliphatic rings. The van der Waals surface area contributed by atoms with Gasteiger partial charge in [-0.3, -0.25) is 0 Å². The molecule has 0 spiro atoms. The zero-order valence-corrected chi connectivity index (χ0v) is 18.4. The molecule has 0 radical (unpaired) electrons. The minimum Gasteiger partial charge on any atom is -1.00 e. The van der Waals surface area contributed by atoms with Crippen molar-refractivity contribution in [3.8, 4) is 6.07 Å². The molecule has 0 heterocycles. The molecule has 0 unspecified atom stereocenters. The molecular formula is C26H21BrNP. The van der Waals surface area contributed by atoms with E-state index in [0.717, 1.165) is 6.16 Å². The van der Waals surface area contributed by atoms with E-state index in [1.807, 2.05) is 18.2 Å². The Kier molecular flexibility index (Phi) is 6.99. The molecule has 1 nitrogen and oxygen atoms in total. The van der Waals surface area contributed by atoms with Gasteiger partial charge in [0.1, 0.15) is 23.2 Å². The van der Waals surface area contributed by atoms with Crippen molar-refractivity contribution in [3.63, 3.8) is 0 Å². The van der Waals surface area contributed by atoms with Crippen LogP contribution in [0.15, 0.2) is 115 Å². The van der Waals surface area contributed by atoms with Crippen LogP contribution in [-0.2, 0) is 6.16 Å². The third-order valence-corrected chi connectivity index (χ3v) is 9.45. The van der Waals surface area contributed by atoms with E-state index in [4.69, 9.17) is 0 Å². The molecule has 0 saturated carbocycles. The Morgan fingerprint density at radius 3 is 1.45 bits per heavy atom. The van der Waals surface area contributed by atoms with Gasteiger partial charge in [0, 0.05) is 0 Å². The van der Waals surface area contributed by atoms with Gasteiger partial charge in [0.05, 0.1) is 17.8 Å². The van der Waals surface area contributed by atoms with Crippen LogP contribution in [0.4, 0.5) is 0 Å². The summed E-state index contributed by atoms with van der Waals surface area (Å²) in [6.07, 6.45) is 0.889. The van der Waals surface area contributed by atoms with Gasteiger partial charge in [0.2, 0.25) is 0 Å². The second kappa shape index (κ2) is 9.66. The summed E-state index contributed by atoms with van der Waals surface area (Å²) in [5.41, 5.74) is 1.91. The zero-order chi connectivity index (χ0) is 19.2. The van der Waals surface area contributed by atoms with Crippen LogP contribution in [0.5, 0.6) is 0 Å². The minimum absolute atomic E-state index is 0. The first kappa shape index (κ1) is 21.0. The van der Waals surface area contributed by atoms with Crippen molar-refractivity contribution >= 4 is 23.2 Å². The minimum atomic E-state index is -1.91. The Morgan fingerprint density at radius 2 is 1.03 bits per heavy atom. The van der Waals surface area contributed by atoms with Crippen molar-refractivity contribution in [3.05, 3.63) is 126 Å². The summed E-state index contributed by atoms with van der Waals surface area (Å²) in [6.45, 7) is 0. The lowest BCUT2D eigenvalue weighted by molar-refractivity contribution is -0.00000566. The fourth-order valence-corrected chi connectivity index (χ4v) is 8.01. The summed E-state index contributed by atoms with van der Waals surface area (Å²) in [5.74, 6) is 0. The first-order valence-electron chi connectivity index (χ1n) is 9.37. The van der Waals surface area contributed by atoms with E-state index in [2.05, 4.69) is 103 Å². The summed E-state index contributed by atoms with van der Waals surface area (Å²) in [4.78, 5) is 0. The van der Waals surface area contributed by atoms with E-state index >= 15 is 0 Å². The number of benzene rings is 4. The zero-order valence-electron chi connectivity index (χ0n) is 15.9. The molecule has 0 bridgehead atoms. The van der Waals surface area contributed by atoms with E-state index in [1.54, 1.807) is 0 Å². The standard InChI is InChI=1S/C26H21NP.BrH/c27-20-22-11-10-12-23(19-22)21-28(24-13-4-1-5-14-24,25-15-6-2-7-16-25)26-17-8-3-9-18-26;/h1-19H,21H2;1H/q+1;/p-1. The van der Waals surface area contributed by atoms with Crippen LogP contribution in [0.1, 0.15) is 11.1 Å². The van der Waals surface area contributed by atoms with Crippen molar-refractivity contribution in [2.45, 2.75) is 6.16 Å². The van der Waals surface area contributed by atoms with E-state index in [0.29, 0.717) is 5.56 Å². The molecule has 0 fully saturated rings. The summed E-state index contributed by atoms with van der Waals surface area (Å²) in [7, 11) is -1.91. The van der Waals surface area contributed by atoms with E-state index in [9.17, 15) is 5.26 Å². The van der Waals surface area contributed by atoms with Gasteiger partial charge < -0.3 is 17.0 Å².